The van der Waals surface area contributed by atoms with Gasteiger partial charge in [-0.2, -0.15) is 13.2 Å². The van der Waals surface area contributed by atoms with Crippen LogP contribution in [-0.2, 0) is 16.2 Å². The summed E-state index contributed by atoms with van der Waals surface area (Å²) in [4.78, 5) is 2.10. The van der Waals surface area contributed by atoms with Crippen LogP contribution in [0.15, 0.2) is 59.6 Å². The second kappa shape index (κ2) is 8.80. The predicted molar refractivity (Wildman–Crippen MR) is 120 cm³/mol. The summed E-state index contributed by atoms with van der Waals surface area (Å²) in [6.45, 7) is 1.38. The molecule has 32 heavy (non-hydrogen) atoms. The fraction of sp³-hybridized carbons (Fsp3) is 0.273. The Morgan fingerprint density at radius 3 is 2.31 bits per heavy atom. The second-order valence-corrected chi connectivity index (χ2v) is 9.31. The van der Waals surface area contributed by atoms with Gasteiger partial charge >= 0.3 is 6.18 Å². The summed E-state index contributed by atoms with van der Waals surface area (Å²) in [6.07, 6.45) is -0.539. The Kier molecular flexibility index (Phi) is 6.65. The van der Waals surface area contributed by atoms with Crippen molar-refractivity contribution in [1.29, 1.82) is 0 Å². The Morgan fingerprint density at radius 1 is 1.06 bits per heavy atom. The minimum absolute atomic E-state index is 0. The Bertz CT molecular complexity index is 1270. The van der Waals surface area contributed by atoms with E-state index in [1.165, 1.54) is 43.6 Å². The van der Waals surface area contributed by atoms with Gasteiger partial charge in [0.2, 0.25) is 0 Å². The zero-order valence-corrected chi connectivity index (χ0v) is 19.0. The molecule has 0 fully saturated rings. The van der Waals surface area contributed by atoms with Crippen molar-refractivity contribution in [3.63, 3.8) is 0 Å². The molecule has 0 N–H and O–H groups in total. The molecule has 4 rings (SSSR count). The average molecular weight is 487 g/mol. The first kappa shape index (κ1) is 24.2. The molecule has 0 spiro atoms. The number of halogens is 4. The molecular formula is C22H22ClF3N2O3S. The molecule has 0 atom stereocenters. The lowest BCUT2D eigenvalue weighted by Gasteiger charge is -2.21. The van der Waals surface area contributed by atoms with Gasteiger partial charge in [-0.25, -0.2) is 12.4 Å². The fourth-order valence-electron chi connectivity index (χ4n) is 3.71. The summed E-state index contributed by atoms with van der Waals surface area (Å²) in [6, 6.07) is 9.05. The highest BCUT2D eigenvalue weighted by molar-refractivity contribution is 7.90. The Morgan fingerprint density at radius 2 is 1.75 bits per heavy atom. The molecule has 10 heteroatoms. The number of aromatic nitrogens is 1. The van der Waals surface area contributed by atoms with Gasteiger partial charge in [0.05, 0.1) is 23.1 Å². The van der Waals surface area contributed by atoms with Gasteiger partial charge in [0, 0.05) is 30.2 Å². The molecule has 0 amide bonds. The molecular weight excluding hydrogens is 465 g/mol. The minimum Gasteiger partial charge on any atom is -0.497 e. The molecule has 1 aromatic heterocycles. The van der Waals surface area contributed by atoms with Crippen molar-refractivity contribution in [1.82, 2.24) is 8.87 Å². The number of benzene rings is 2. The van der Waals surface area contributed by atoms with E-state index in [2.05, 4.69) is 4.90 Å². The Hall–Kier alpha value is -2.49. The number of rotatable bonds is 4. The van der Waals surface area contributed by atoms with Gasteiger partial charge in [-0.05, 0) is 61.5 Å². The van der Waals surface area contributed by atoms with Crippen molar-refractivity contribution < 1.29 is 26.3 Å². The Balaban J connectivity index is 0.00000289. The maximum absolute atomic E-state index is 13.4. The largest absolute Gasteiger partial charge is 0.497 e. The lowest BCUT2D eigenvalue weighted by Crippen LogP contribution is -2.23. The molecule has 0 radical (unpaired) electrons. The van der Waals surface area contributed by atoms with E-state index in [1.54, 1.807) is 0 Å². The molecule has 0 saturated heterocycles. The zero-order valence-electron chi connectivity index (χ0n) is 17.4. The quantitative estimate of drug-likeness (QED) is 0.518. The van der Waals surface area contributed by atoms with Crippen molar-refractivity contribution >= 4 is 38.9 Å². The van der Waals surface area contributed by atoms with Crippen molar-refractivity contribution in [3.8, 4) is 5.75 Å². The number of likely N-dealkylation sites (N-methyl/N-ethyl adjacent to an activating group) is 1. The van der Waals surface area contributed by atoms with Crippen LogP contribution in [0.5, 0.6) is 5.75 Å². The number of alkyl halides is 3. The molecule has 1 aliphatic rings. The van der Waals surface area contributed by atoms with Crippen LogP contribution in [0.4, 0.5) is 13.2 Å². The van der Waals surface area contributed by atoms with E-state index < -0.39 is 21.8 Å². The summed E-state index contributed by atoms with van der Waals surface area (Å²) >= 11 is 0. The van der Waals surface area contributed by atoms with E-state index in [4.69, 9.17) is 4.74 Å². The molecule has 1 aliphatic heterocycles. The van der Waals surface area contributed by atoms with Gasteiger partial charge in [-0.15, -0.1) is 12.4 Å². The lowest BCUT2D eigenvalue weighted by atomic mass is 9.98. The molecule has 0 bridgehead atoms. The van der Waals surface area contributed by atoms with Crippen LogP contribution in [0, 0.1) is 0 Å². The van der Waals surface area contributed by atoms with Gasteiger partial charge in [0.15, 0.2) is 0 Å². The van der Waals surface area contributed by atoms with Gasteiger partial charge < -0.3 is 9.64 Å². The van der Waals surface area contributed by atoms with Crippen molar-refractivity contribution in [2.45, 2.75) is 17.5 Å². The molecule has 2 heterocycles. The normalized spacial score (nSPS) is 15.3. The number of hydrogen-bond acceptors (Lipinski definition) is 4. The monoisotopic (exact) mass is 486 g/mol. The van der Waals surface area contributed by atoms with Crippen LogP contribution < -0.4 is 4.74 Å². The minimum atomic E-state index is -4.52. The van der Waals surface area contributed by atoms with Gasteiger partial charge in [-0.1, -0.05) is 6.08 Å². The first-order valence-electron chi connectivity index (χ1n) is 9.61. The molecule has 172 valence electrons. The van der Waals surface area contributed by atoms with Crippen molar-refractivity contribution in [2.24, 2.45) is 0 Å². The average Bonchev–Trinajstić information content (AvgIpc) is 3.13. The molecule has 0 aliphatic carbocycles. The maximum atomic E-state index is 13.4. The summed E-state index contributed by atoms with van der Waals surface area (Å²) in [7, 11) is -0.599. The van der Waals surface area contributed by atoms with E-state index in [-0.39, 0.29) is 28.2 Å². The summed E-state index contributed by atoms with van der Waals surface area (Å²) < 4.78 is 72.9. The first-order chi connectivity index (χ1) is 14.6. The van der Waals surface area contributed by atoms with Crippen LogP contribution in [-0.4, -0.2) is 44.5 Å². The molecule has 0 saturated carbocycles. The van der Waals surface area contributed by atoms with Gasteiger partial charge in [-0.3, -0.25) is 0 Å². The molecule has 5 nitrogen and oxygen atoms in total. The highest BCUT2D eigenvalue weighted by Crippen LogP contribution is 2.37. The zero-order chi connectivity index (χ0) is 22.4. The second-order valence-electron chi connectivity index (χ2n) is 7.49. The van der Waals surface area contributed by atoms with Crippen molar-refractivity contribution in [3.05, 3.63) is 65.9 Å². The number of ether oxygens (including phenoxy) is 1. The standard InChI is InChI=1S/C22H21F3N2O3S.ClH/c1-26-11-9-15(10-12-26)20-14-27(21-8-3-16(13-19(20)21)22(23,24)25)31(28,29)18-6-4-17(30-2)5-7-18;/h3-9,13-14H,10-12H2,1-2H3;1H. The number of methoxy groups -OCH3 is 1. The molecule has 2 aromatic carbocycles. The smallest absolute Gasteiger partial charge is 0.416 e. The number of fused-ring (bicyclic) bond motifs is 1. The van der Waals surface area contributed by atoms with E-state index in [1.807, 2.05) is 13.1 Å². The third-order valence-corrected chi connectivity index (χ3v) is 7.16. The van der Waals surface area contributed by atoms with Crippen LogP contribution >= 0.6 is 12.4 Å². The summed E-state index contributed by atoms with van der Waals surface area (Å²) in [5.74, 6) is 0.503. The third kappa shape index (κ3) is 4.37. The molecule has 3 aromatic rings. The van der Waals surface area contributed by atoms with E-state index in [0.717, 1.165) is 28.2 Å². The SMILES string of the molecule is COc1ccc(S(=O)(=O)n2cc(C3=CCN(C)CC3)c3cc(C(F)(F)F)ccc32)cc1.Cl. The predicted octanol–water partition coefficient (Wildman–Crippen LogP) is 5.05. The number of nitrogens with zero attached hydrogens (tertiary/aromatic N) is 2. The van der Waals surface area contributed by atoms with Gasteiger partial charge in [0.1, 0.15) is 5.75 Å². The Labute approximate surface area is 190 Å². The van der Waals surface area contributed by atoms with E-state index in [9.17, 15) is 21.6 Å². The highest BCUT2D eigenvalue weighted by atomic mass is 35.5. The molecule has 0 unspecified atom stereocenters. The highest BCUT2D eigenvalue weighted by Gasteiger charge is 2.32. The third-order valence-electron chi connectivity index (χ3n) is 5.47. The van der Waals surface area contributed by atoms with Crippen LogP contribution in [0.3, 0.4) is 0 Å². The van der Waals surface area contributed by atoms with E-state index in [0.29, 0.717) is 24.3 Å². The first-order valence-corrected chi connectivity index (χ1v) is 11.0. The maximum Gasteiger partial charge on any atom is 0.416 e. The summed E-state index contributed by atoms with van der Waals surface area (Å²) in [5.41, 5.74) is 0.741. The lowest BCUT2D eigenvalue weighted by molar-refractivity contribution is -0.137. The van der Waals surface area contributed by atoms with Crippen LogP contribution in [0.1, 0.15) is 17.5 Å². The van der Waals surface area contributed by atoms with Crippen LogP contribution in [0.2, 0.25) is 0 Å². The van der Waals surface area contributed by atoms with Crippen molar-refractivity contribution in [2.75, 3.05) is 27.2 Å². The number of hydrogen-bond donors (Lipinski definition) is 0. The van der Waals surface area contributed by atoms with E-state index >= 15 is 0 Å². The summed E-state index contributed by atoms with van der Waals surface area (Å²) in [5, 5.41) is 0.266. The fourth-order valence-corrected chi connectivity index (χ4v) is 5.08. The van der Waals surface area contributed by atoms with Gasteiger partial charge in [0.25, 0.3) is 10.0 Å². The topological polar surface area (TPSA) is 51.5 Å². The van der Waals surface area contributed by atoms with Crippen LogP contribution in [0.25, 0.3) is 16.5 Å².